The van der Waals surface area contributed by atoms with Gasteiger partial charge in [-0.15, -0.1) is 0 Å². The second-order valence-corrected chi connectivity index (χ2v) is 13.2. The van der Waals surface area contributed by atoms with Crippen molar-refractivity contribution in [2.45, 2.75) is 75.0 Å². The predicted octanol–water partition coefficient (Wildman–Crippen LogP) is 4.38. The largest absolute Gasteiger partial charge is 0.478 e. The molecule has 3 aromatic rings. The number of methoxy groups -OCH3 is 1. The normalized spacial score (nSPS) is 13.7. The van der Waals surface area contributed by atoms with E-state index in [1.165, 1.54) is 35.7 Å². The van der Waals surface area contributed by atoms with Crippen LogP contribution in [-0.4, -0.2) is 78.8 Å². The SMILES string of the molecule is COC(=O)N[C@H](C(=O)N[C@@H](C)CCC[C@@H](CO)N(C(C)C)S(=O)(=O)c1ccc(C(=O)O)cc1)C(c1ccccc1)c1ccccc1. The van der Waals surface area contributed by atoms with Crippen LogP contribution in [0.25, 0.3) is 0 Å². The molecule has 0 bridgehead atoms. The van der Waals surface area contributed by atoms with Gasteiger partial charge in [0.25, 0.3) is 0 Å². The van der Waals surface area contributed by atoms with Gasteiger partial charge in [-0.1, -0.05) is 60.7 Å². The molecule has 0 unspecified atom stereocenters. The van der Waals surface area contributed by atoms with Crippen molar-refractivity contribution in [3.63, 3.8) is 0 Å². The van der Waals surface area contributed by atoms with Crippen molar-refractivity contribution in [3.05, 3.63) is 102 Å². The maximum Gasteiger partial charge on any atom is 0.407 e. The van der Waals surface area contributed by atoms with Crippen LogP contribution in [-0.2, 0) is 19.6 Å². The maximum atomic E-state index is 13.8. The third-order valence-corrected chi connectivity index (χ3v) is 9.85. The van der Waals surface area contributed by atoms with Crippen LogP contribution >= 0.6 is 0 Å². The lowest BCUT2D eigenvalue weighted by Gasteiger charge is -2.33. The van der Waals surface area contributed by atoms with E-state index in [9.17, 15) is 27.9 Å². The maximum absolute atomic E-state index is 13.8. The van der Waals surface area contributed by atoms with Crippen LogP contribution in [0.3, 0.4) is 0 Å². The Morgan fingerprint density at radius 3 is 1.83 bits per heavy atom. The number of alkyl carbamates (subject to hydrolysis) is 1. The minimum Gasteiger partial charge on any atom is -0.478 e. The first-order valence-electron chi connectivity index (χ1n) is 15.1. The molecule has 0 saturated carbocycles. The summed E-state index contributed by atoms with van der Waals surface area (Å²) in [5.74, 6) is -2.09. The number of rotatable bonds is 16. The number of ether oxygens (including phenoxy) is 1. The highest BCUT2D eigenvalue weighted by Gasteiger charge is 2.35. The molecule has 4 N–H and O–H groups in total. The number of carbonyl (C=O) groups is 3. The Morgan fingerprint density at radius 1 is 0.826 bits per heavy atom. The Morgan fingerprint density at radius 2 is 1.37 bits per heavy atom. The van der Waals surface area contributed by atoms with E-state index in [2.05, 4.69) is 10.6 Å². The van der Waals surface area contributed by atoms with Gasteiger partial charge in [0.15, 0.2) is 0 Å². The van der Waals surface area contributed by atoms with Crippen molar-refractivity contribution in [1.29, 1.82) is 0 Å². The molecule has 0 radical (unpaired) electrons. The van der Waals surface area contributed by atoms with Crippen LogP contribution < -0.4 is 10.6 Å². The summed E-state index contributed by atoms with van der Waals surface area (Å²) in [6, 6.07) is 21.1. The summed E-state index contributed by atoms with van der Waals surface area (Å²) in [6.45, 7) is 4.81. The van der Waals surface area contributed by atoms with Crippen LogP contribution in [0.1, 0.15) is 67.4 Å². The molecule has 3 aromatic carbocycles. The minimum absolute atomic E-state index is 0.0346. The van der Waals surface area contributed by atoms with E-state index in [1.54, 1.807) is 13.8 Å². The highest BCUT2D eigenvalue weighted by atomic mass is 32.2. The summed E-state index contributed by atoms with van der Waals surface area (Å²) in [4.78, 5) is 37.3. The Balaban J connectivity index is 1.74. The fourth-order valence-corrected chi connectivity index (χ4v) is 7.38. The lowest BCUT2D eigenvalue weighted by Crippen LogP contribution is -2.52. The highest BCUT2D eigenvalue weighted by Crippen LogP contribution is 2.29. The average molecular weight is 654 g/mol. The van der Waals surface area contributed by atoms with Gasteiger partial charge < -0.3 is 25.6 Å². The Hall–Kier alpha value is -4.26. The first-order valence-corrected chi connectivity index (χ1v) is 16.6. The quantitative estimate of drug-likeness (QED) is 0.177. The number of sulfonamides is 1. The van der Waals surface area contributed by atoms with Gasteiger partial charge in [-0.3, -0.25) is 4.79 Å². The Kier molecular flexibility index (Phi) is 13.3. The third-order valence-electron chi connectivity index (χ3n) is 7.71. The van der Waals surface area contributed by atoms with E-state index in [4.69, 9.17) is 9.84 Å². The third kappa shape index (κ3) is 9.38. The smallest absolute Gasteiger partial charge is 0.407 e. The number of nitrogens with one attached hydrogen (secondary N) is 2. The second kappa shape index (κ2) is 16.9. The molecule has 0 aliphatic rings. The molecule has 0 spiro atoms. The second-order valence-electron chi connectivity index (χ2n) is 11.3. The molecule has 12 heteroatoms. The molecule has 3 atom stereocenters. The number of nitrogens with zero attached hydrogens (tertiary/aromatic N) is 1. The van der Waals surface area contributed by atoms with Crippen LogP contribution in [0.2, 0.25) is 0 Å². The standard InChI is InChI=1S/C34H43N3O8S/c1-23(2)37(46(43,44)29-20-18-27(19-21-29)33(40)41)28(22-38)17-11-12-24(3)35-32(39)31(36-34(42)45-4)30(25-13-7-5-8-14-25)26-15-9-6-10-16-26/h5-10,13-16,18-21,23-24,28,30-31,38H,11-12,17,22H2,1-4H3,(H,35,39)(H,36,42)(H,40,41)/t24-,28-,31-/m0/s1. The van der Waals surface area contributed by atoms with Gasteiger partial charge >= 0.3 is 12.1 Å². The van der Waals surface area contributed by atoms with Crippen molar-refractivity contribution in [2.24, 2.45) is 0 Å². The number of amides is 2. The van der Waals surface area contributed by atoms with Crippen LogP contribution in [0, 0.1) is 0 Å². The van der Waals surface area contributed by atoms with E-state index in [0.717, 1.165) is 11.1 Å². The van der Waals surface area contributed by atoms with E-state index in [0.29, 0.717) is 19.3 Å². The fourth-order valence-electron chi connectivity index (χ4n) is 5.53. The molecular weight excluding hydrogens is 610 g/mol. The van der Waals surface area contributed by atoms with Crippen LogP contribution in [0.15, 0.2) is 89.8 Å². The molecule has 248 valence electrons. The topological polar surface area (TPSA) is 162 Å². The summed E-state index contributed by atoms with van der Waals surface area (Å²) in [5.41, 5.74) is 1.63. The lowest BCUT2D eigenvalue weighted by molar-refractivity contribution is -0.124. The molecule has 0 aliphatic carbocycles. The van der Waals surface area contributed by atoms with Gasteiger partial charge in [0.1, 0.15) is 6.04 Å². The molecule has 11 nitrogen and oxygen atoms in total. The number of aromatic carboxylic acids is 1. The first-order chi connectivity index (χ1) is 21.9. The van der Waals surface area contributed by atoms with E-state index in [-0.39, 0.29) is 16.5 Å². The average Bonchev–Trinajstić information content (AvgIpc) is 3.04. The summed E-state index contributed by atoms with van der Waals surface area (Å²) < 4.78 is 33.2. The van der Waals surface area contributed by atoms with E-state index in [1.807, 2.05) is 67.6 Å². The molecule has 46 heavy (non-hydrogen) atoms. The van der Waals surface area contributed by atoms with Gasteiger partial charge in [0.2, 0.25) is 15.9 Å². The summed E-state index contributed by atoms with van der Waals surface area (Å²) in [7, 11) is -2.82. The molecule has 2 amide bonds. The van der Waals surface area contributed by atoms with Gasteiger partial charge in [-0.2, -0.15) is 4.31 Å². The van der Waals surface area contributed by atoms with Crippen molar-refractivity contribution in [1.82, 2.24) is 14.9 Å². The Labute approximate surface area is 270 Å². The van der Waals surface area contributed by atoms with Gasteiger partial charge in [-0.25, -0.2) is 18.0 Å². The number of benzene rings is 3. The van der Waals surface area contributed by atoms with Crippen molar-refractivity contribution >= 4 is 28.0 Å². The van der Waals surface area contributed by atoms with Crippen molar-refractivity contribution < 1.29 is 37.8 Å². The molecule has 0 aliphatic heterocycles. The molecule has 0 fully saturated rings. The fraction of sp³-hybridized carbons (Fsp3) is 0.382. The van der Waals surface area contributed by atoms with Crippen LogP contribution in [0.4, 0.5) is 4.79 Å². The number of hydrogen-bond acceptors (Lipinski definition) is 7. The first kappa shape index (κ1) is 36.2. The number of aliphatic hydroxyl groups is 1. The summed E-state index contributed by atoms with van der Waals surface area (Å²) in [6.07, 6.45) is 0.498. The molecule has 0 heterocycles. The van der Waals surface area contributed by atoms with E-state index >= 15 is 0 Å². The predicted molar refractivity (Wildman–Crippen MR) is 174 cm³/mol. The number of carboxylic acids is 1. The zero-order valence-corrected chi connectivity index (χ0v) is 27.3. The number of aliphatic hydroxyl groups excluding tert-OH is 1. The van der Waals surface area contributed by atoms with Gasteiger partial charge in [-0.05, 0) is 75.4 Å². The summed E-state index contributed by atoms with van der Waals surface area (Å²) in [5, 5.41) is 25.1. The zero-order valence-electron chi connectivity index (χ0n) is 26.5. The van der Waals surface area contributed by atoms with E-state index < -0.39 is 58.6 Å². The molecule has 3 rings (SSSR count). The Bertz CT molecular complexity index is 1490. The molecular formula is C34H43N3O8S. The zero-order chi connectivity index (χ0) is 33.9. The van der Waals surface area contributed by atoms with Crippen molar-refractivity contribution in [3.8, 4) is 0 Å². The van der Waals surface area contributed by atoms with Gasteiger partial charge in [0.05, 0.1) is 24.2 Å². The molecule has 0 saturated heterocycles. The van der Waals surface area contributed by atoms with Gasteiger partial charge in [0, 0.05) is 24.0 Å². The number of hydrogen-bond donors (Lipinski definition) is 4. The number of carbonyl (C=O) groups excluding carboxylic acids is 2. The lowest BCUT2D eigenvalue weighted by atomic mass is 9.84. The minimum atomic E-state index is -4.05. The molecule has 0 aromatic heterocycles. The van der Waals surface area contributed by atoms with Crippen LogP contribution in [0.5, 0.6) is 0 Å². The summed E-state index contributed by atoms with van der Waals surface area (Å²) >= 11 is 0. The van der Waals surface area contributed by atoms with Crippen molar-refractivity contribution in [2.75, 3.05) is 13.7 Å². The monoisotopic (exact) mass is 653 g/mol. The highest BCUT2D eigenvalue weighted by molar-refractivity contribution is 7.89. The number of carboxylic acid groups (broad SMARTS) is 1.